The van der Waals surface area contributed by atoms with Crippen molar-refractivity contribution in [3.8, 4) is 0 Å². The predicted molar refractivity (Wildman–Crippen MR) is 70.6 cm³/mol. The third kappa shape index (κ3) is 2.26. The monoisotopic (exact) mass is 251 g/mol. The highest BCUT2D eigenvalue weighted by molar-refractivity contribution is 6.30. The summed E-state index contributed by atoms with van der Waals surface area (Å²) in [6.07, 6.45) is 6.90. The lowest BCUT2D eigenvalue weighted by molar-refractivity contribution is 0.481. The molecule has 3 nitrogen and oxygen atoms in total. The van der Waals surface area contributed by atoms with E-state index >= 15 is 0 Å². The SMILES string of the molecule is Clc1ccc(N2CCCC2C2CCCN2)nc1. The molecule has 4 heteroatoms. The van der Waals surface area contributed by atoms with E-state index in [0.717, 1.165) is 12.4 Å². The number of aromatic nitrogens is 1. The number of pyridine rings is 1. The smallest absolute Gasteiger partial charge is 0.128 e. The van der Waals surface area contributed by atoms with Crippen LogP contribution in [0.3, 0.4) is 0 Å². The van der Waals surface area contributed by atoms with Crippen molar-refractivity contribution >= 4 is 17.4 Å². The predicted octanol–water partition coefficient (Wildman–Crippen LogP) is 2.46. The van der Waals surface area contributed by atoms with Crippen molar-refractivity contribution in [1.82, 2.24) is 10.3 Å². The third-order valence-corrected chi connectivity index (χ3v) is 4.09. The Kier molecular flexibility index (Phi) is 3.21. The van der Waals surface area contributed by atoms with Crippen LogP contribution in [0.5, 0.6) is 0 Å². The van der Waals surface area contributed by atoms with Crippen LogP contribution in [0.15, 0.2) is 18.3 Å². The first-order valence-corrected chi connectivity index (χ1v) is 6.84. The van der Waals surface area contributed by atoms with E-state index < -0.39 is 0 Å². The zero-order valence-electron chi connectivity index (χ0n) is 9.90. The molecule has 0 saturated carbocycles. The summed E-state index contributed by atoms with van der Waals surface area (Å²) in [7, 11) is 0. The summed E-state index contributed by atoms with van der Waals surface area (Å²) in [5, 5.41) is 4.33. The molecule has 0 amide bonds. The molecule has 1 aromatic heterocycles. The minimum atomic E-state index is 0.617. The number of nitrogens with zero attached hydrogens (tertiary/aromatic N) is 2. The molecule has 2 aliphatic rings. The molecule has 17 heavy (non-hydrogen) atoms. The number of hydrogen-bond acceptors (Lipinski definition) is 3. The fraction of sp³-hybridized carbons (Fsp3) is 0.615. The van der Waals surface area contributed by atoms with Gasteiger partial charge in [-0.2, -0.15) is 0 Å². The van der Waals surface area contributed by atoms with E-state index in [4.69, 9.17) is 11.6 Å². The summed E-state index contributed by atoms with van der Waals surface area (Å²) in [4.78, 5) is 6.89. The lowest BCUT2D eigenvalue weighted by atomic mass is 10.0. The van der Waals surface area contributed by atoms with Gasteiger partial charge in [0.2, 0.25) is 0 Å². The van der Waals surface area contributed by atoms with Gasteiger partial charge in [0.05, 0.1) is 5.02 Å². The maximum absolute atomic E-state index is 5.89. The number of halogens is 1. The van der Waals surface area contributed by atoms with Gasteiger partial charge in [-0.1, -0.05) is 11.6 Å². The van der Waals surface area contributed by atoms with Gasteiger partial charge in [0, 0.05) is 24.8 Å². The van der Waals surface area contributed by atoms with Crippen LogP contribution < -0.4 is 10.2 Å². The molecule has 1 aromatic rings. The standard InChI is InChI=1S/C13H18ClN3/c14-10-5-6-13(16-9-10)17-8-2-4-12(17)11-3-1-7-15-11/h5-6,9,11-12,15H,1-4,7-8H2. The Morgan fingerprint density at radius 3 is 2.94 bits per heavy atom. The maximum atomic E-state index is 5.89. The van der Waals surface area contributed by atoms with Crippen LogP contribution >= 0.6 is 11.6 Å². The van der Waals surface area contributed by atoms with Gasteiger partial charge in [0.1, 0.15) is 5.82 Å². The average Bonchev–Trinajstić information content (AvgIpc) is 3.00. The molecule has 2 fully saturated rings. The first kappa shape index (κ1) is 11.3. The Morgan fingerprint density at radius 2 is 2.24 bits per heavy atom. The first-order chi connectivity index (χ1) is 8.34. The molecule has 0 bridgehead atoms. The topological polar surface area (TPSA) is 28.2 Å². The number of rotatable bonds is 2. The number of anilines is 1. The molecule has 0 spiro atoms. The van der Waals surface area contributed by atoms with Crippen molar-refractivity contribution in [2.75, 3.05) is 18.0 Å². The first-order valence-electron chi connectivity index (χ1n) is 6.46. The van der Waals surface area contributed by atoms with E-state index in [1.165, 1.54) is 32.2 Å². The summed E-state index contributed by atoms with van der Waals surface area (Å²) < 4.78 is 0. The van der Waals surface area contributed by atoms with Crippen LogP contribution in [0.25, 0.3) is 0 Å². The second kappa shape index (κ2) is 4.83. The average molecular weight is 252 g/mol. The molecule has 2 unspecified atom stereocenters. The van der Waals surface area contributed by atoms with E-state index in [1.807, 2.05) is 12.1 Å². The van der Waals surface area contributed by atoms with E-state index in [2.05, 4.69) is 15.2 Å². The van der Waals surface area contributed by atoms with Crippen molar-refractivity contribution in [3.63, 3.8) is 0 Å². The minimum Gasteiger partial charge on any atom is -0.352 e. The Hall–Kier alpha value is -0.800. The summed E-state index contributed by atoms with van der Waals surface area (Å²) in [5.74, 6) is 1.07. The van der Waals surface area contributed by atoms with Gasteiger partial charge in [-0.05, 0) is 44.4 Å². The fourth-order valence-electron chi connectivity index (χ4n) is 3.07. The van der Waals surface area contributed by atoms with Crippen LogP contribution in [0.4, 0.5) is 5.82 Å². The number of hydrogen-bond donors (Lipinski definition) is 1. The van der Waals surface area contributed by atoms with Crippen molar-refractivity contribution in [3.05, 3.63) is 23.4 Å². The Labute approximate surface area is 107 Å². The van der Waals surface area contributed by atoms with Crippen LogP contribution in [0.1, 0.15) is 25.7 Å². The molecule has 2 aliphatic heterocycles. The molecule has 0 aliphatic carbocycles. The molecular formula is C13H18ClN3. The van der Waals surface area contributed by atoms with Crippen molar-refractivity contribution in [2.45, 2.75) is 37.8 Å². The highest BCUT2D eigenvalue weighted by Gasteiger charge is 2.33. The van der Waals surface area contributed by atoms with Crippen molar-refractivity contribution in [1.29, 1.82) is 0 Å². The van der Waals surface area contributed by atoms with E-state index in [1.54, 1.807) is 6.20 Å². The zero-order chi connectivity index (χ0) is 11.7. The fourth-order valence-corrected chi connectivity index (χ4v) is 3.18. The molecular weight excluding hydrogens is 234 g/mol. The van der Waals surface area contributed by atoms with Crippen molar-refractivity contribution < 1.29 is 0 Å². The van der Waals surface area contributed by atoms with E-state index in [-0.39, 0.29) is 0 Å². The van der Waals surface area contributed by atoms with Crippen molar-refractivity contribution in [2.24, 2.45) is 0 Å². The highest BCUT2D eigenvalue weighted by atomic mass is 35.5. The summed E-state index contributed by atoms with van der Waals surface area (Å²) in [6.45, 7) is 2.29. The Balaban J connectivity index is 1.78. The maximum Gasteiger partial charge on any atom is 0.128 e. The molecule has 0 aromatic carbocycles. The van der Waals surface area contributed by atoms with E-state index in [9.17, 15) is 0 Å². The van der Waals surface area contributed by atoms with Gasteiger partial charge < -0.3 is 10.2 Å². The second-order valence-electron chi connectivity index (χ2n) is 4.94. The molecule has 0 radical (unpaired) electrons. The molecule has 3 heterocycles. The molecule has 92 valence electrons. The summed E-state index contributed by atoms with van der Waals surface area (Å²) in [5.41, 5.74) is 0. The number of nitrogens with one attached hydrogen (secondary N) is 1. The van der Waals surface area contributed by atoms with Crippen LogP contribution in [-0.4, -0.2) is 30.2 Å². The highest BCUT2D eigenvalue weighted by Crippen LogP contribution is 2.29. The zero-order valence-corrected chi connectivity index (χ0v) is 10.7. The Bertz CT molecular complexity index is 373. The minimum absolute atomic E-state index is 0.617. The van der Waals surface area contributed by atoms with Crippen LogP contribution in [0.2, 0.25) is 5.02 Å². The lowest BCUT2D eigenvalue weighted by Gasteiger charge is -2.30. The molecule has 2 atom stereocenters. The normalized spacial score (nSPS) is 28.9. The largest absolute Gasteiger partial charge is 0.352 e. The van der Waals surface area contributed by atoms with Gasteiger partial charge in [0.25, 0.3) is 0 Å². The summed E-state index contributed by atoms with van der Waals surface area (Å²) >= 11 is 5.89. The second-order valence-corrected chi connectivity index (χ2v) is 5.38. The van der Waals surface area contributed by atoms with Gasteiger partial charge in [-0.3, -0.25) is 0 Å². The van der Waals surface area contributed by atoms with Gasteiger partial charge >= 0.3 is 0 Å². The quantitative estimate of drug-likeness (QED) is 0.875. The van der Waals surface area contributed by atoms with Gasteiger partial charge in [-0.25, -0.2) is 4.98 Å². The molecule has 2 saturated heterocycles. The summed E-state index contributed by atoms with van der Waals surface area (Å²) in [6, 6.07) is 5.23. The van der Waals surface area contributed by atoms with Crippen LogP contribution in [-0.2, 0) is 0 Å². The van der Waals surface area contributed by atoms with E-state index in [0.29, 0.717) is 17.1 Å². The Morgan fingerprint density at radius 1 is 1.29 bits per heavy atom. The van der Waals surface area contributed by atoms with Gasteiger partial charge in [0.15, 0.2) is 0 Å². The molecule has 3 rings (SSSR count). The lowest BCUT2D eigenvalue weighted by Crippen LogP contribution is -2.44. The third-order valence-electron chi connectivity index (χ3n) is 3.87. The molecule has 1 N–H and O–H groups in total. The van der Waals surface area contributed by atoms with Gasteiger partial charge in [-0.15, -0.1) is 0 Å². The van der Waals surface area contributed by atoms with Crippen LogP contribution in [0, 0.1) is 0 Å².